The fraction of sp³-hybridized carbons (Fsp3) is 0.400. The fourth-order valence-corrected chi connectivity index (χ4v) is 3.32. The van der Waals surface area contributed by atoms with Gasteiger partial charge in [0.15, 0.2) is 5.65 Å². The van der Waals surface area contributed by atoms with Crippen LogP contribution in [0.3, 0.4) is 0 Å². The molecule has 23 heavy (non-hydrogen) atoms. The van der Waals surface area contributed by atoms with Crippen LogP contribution in [0.2, 0.25) is 0 Å². The number of hydrogen-bond acceptors (Lipinski definition) is 3. The lowest BCUT2D eigenvalue weighted by Gasteiger charge is -2.24. The van der Waals surface area contributed by atoms with Gasteiger partial charge in [0, 0.05) is 36.4 Å². The molecule has 3 aromatic rings. The predicted octanol–water partition coefficient (Wildman–Crippen LogP) is 2.89. The van der Waals surface area contributed by atoms with Gasteiger partial charge in [-0.2, -0.15) is 18.3 Å². The van der Waals surface area contributed by atoms with E-state index in [0.717, 1.165) is 24.6 Å². The number of hydrogen-bond donors (Lipinski definition) is 0. The van der Waals surface area contributed by atoms with Crippen molar-refractivity contribution in [2.45, 2.75) is 38.2 Å². The molecule has 0 bridgehead atoms. The summed E-state index contributed by atoms with van der Waals surface area (Å²) in [4.78, 5) is 4.20. The van der Waals surface area contributed by atoms with E-state index in [1.54, 1.807) is 6.20 Å². The third-order valence-electron chi connectivity index (χ3n) is 4.57. The molecule has 0 fully saturated rings. The van der Waals surface area contributed by atoms with Gasteiger partial charge in [0.1, 0.15) is 0 Å². The van der Waals surface area contributed by atoms with E-state index in [-0.39, 0.29) is 0 Å². The summed E-state index contributed by atoms with van der Waals surface area (Å²) in [7, 11) is 0. The topological polar surface area (TPSA) is 48.0 Å². The SMILES string of the molecule is CC(F)(F)n1cc([C@]2(C)CCc3cnc4cc(F)nn4c32)cn1. The van der Waals surface area contributed by atoms with Crippen LogP contribution in [-0.4, -0.2) is 24.4 Å². The van der Waals surface area contributed by atoms with Crippen LogP contribution in [0.5, 0.6) is 0 Å². The smallest absolute Gasteiger partial charge is 0.237 e. The van der Waals surface area contributed by atoms with Gasteiger partial charge in [0.25, 0.3) is 0 Å². The van der Waals surface area contributed by atoms with Crippen molar-refractivity contribution in [3.05, 3.63) is 47.4 Å². The summed E-state index contributed by atoms with van der Waals surface area (Å²) in [5, 5.41) is 7.66. The number of rotatable bonds is 2. The van der Waals surface area contributed by atoms with Crippen LogP contribution in [0.25, 0.3) is 5.65 Å². The summed E-state index contributed by atoms with van der Waals surface area (Å²) in [6.45, 7) is 2.73. The summed E-state index contributed by atoms with van der Waals surface area (Å²) in [6.07, 6.45) is 5.92. The Morgan fingerprint density at radius 1 is 1.30 bits per heavy atom. The molecule has 1 atom stereocenters. The Morgan fingerprint density at radius 3 is 2.78 bits per heavy atom. The third kappa shape index (κ3) is 1.97. The van der Waals surface area contributed by atoms with E-state index in [9.17, 15) is 13.2 Å². The van der Waals surface area contributed by atoms with Gasteiger partial charge in [-0.3, -0.25) is 0 Å². The quantitative estimate of drug-likeness (QED) is 0.729. The number of halogens is 3. The minimum atomic E-state index is -3.07. The van der Waals surface area contributed by atoms with Crippen LogP contribution in [0.4, 0.5) is 13.2 Å². The second-order valence-electron chi connectivity index (χ2n) is 6.22. The van der Waals surface area contributed by atoms with Gasteiger partial charge >= 0.3 is 6.05 Å². The van der Waals surface area contributed by atoms with Crippen LogP contribution < -0.4 is 0 Å². The Bertz CT molecular complexity index is 908. The molecule has 0 amide bonds. The third-order valence-corrected chi connectivity index (χ3v) is 4.57. The number of alkyl halides is 2. The molecule has 0 saturated heterocycles. The van der Waals surface area contributed by atoms with Gasteiger partial charge in [-0.25, -0.2) is 14.2 Å². The standard InChI is InChI=1S/C15H14F3N5/c1-14(10-7-20-22(8-10)15(2,17)18)4-3-9-6-19-12-5-11(16)21-23(12)13(9)14/h5-8H,3-4H2,1-2H3/t14-/m0/s1. The van der Waals surface area contributed by atoms with E-state index < -0.39 is 17.4 Å². The molecular formula is C15H14F3N5. The van der Waals surface area contributed by atoms with Crippen molar-refractivity contribution < 1.29 is 13.2 Å². The maximum atomic E-state index is 13.5. The summed E-state index contributed by atoms with van der Waals surface area (Å²) in [5.41, 5.74) is 2.21. The number of aromatic nitrogens is 5. The Hall–Kier alpha value is -2.38. The van der Waals surface area contributed by atoms with Crippen LogP contribution in [-0.2, 0) is 17.9 Å². The minimum absolute atomic E-state index is 0.405. The average molecular weight is 321 g/mol. The van der Waals surface area contributed by atoms with Crippen LogP contribution in [0.15, 0.2) is 24.7 Å². The van der Waals surface area contributed by atoms with Crippen LogP contribution in [0, 0.1) is 5.95 Å². The molecule has 0 aromatic carbocycles. The molecule has 0 N–H and O–H groups in total. The maximum absolute atomic E-state index is 13.5. The Kier molecular flexibility index (Phi) is 2.68. The van der Waals surface area contributed by atoms with Gasteiger partial charge in [-0.15, -0.1) is 5.10 Å². The first-order chi connectivity index (χ1) is 10.8. The Labute approximate surface area is 129 Å². The lowest BCUT2D eigenvalue weighted by Crippen LogP contribution is -2.24. The molecule has 0 saturated carbocycles. The highest BCUT2D eigenvalue weighted by Crippen LogP contribution is 2.43. The average Bonchev–Trinajstić information content (AvgIpc) is 3.14. The zero-order valence-electron chi connectivity index (χ0n) is 12.6. The number of nitrogens with zero attached hydrogens (tertiary/aromatic N) is 5. The molecule has 120 valence electrons. The highest BCUT2D eigenvalue weighted by Gasteiger charge is 2.41. The molecule has 3 heterocycles. The lowest BCUT2D eigenvalue weighted by molar-refractivity contribution is -0.0724. The second-order valence-corrected chi connectivity index (χ2v) is 6.22. The van der Waals surface area contributed by atoms with Gasteiger partial charge in [-0.1, -0.05) is 0 Å². The molecule has 1 aliphatic rings. The molecular weight excluding hydrogens is 307 g/mol. The van der Waals surface area contributed by atoms with Crippen molar-refractivity contribution in [1.29, 1.82) is 0 Å². The molecule has 0 radical (unpaired) electrons. The Morgan fingerprint density at radius 2 is 2.09 bits per heavy atom. The summed E-state index contributed by atoms with van der Waals surface area (Å²) < 4.78 is 42.5. The normalized spacial score (nSPS) is 21.1. The maximum Gasteiger partial charge on any atom is 0.340 e. The predicted molar refractivity (Wildman–Crippen MR) is 75.8 cm³/mol. The zero-order valence-corrected chi connectivity index (χ0v) is 12.6. The van der Waals surface area contributed by atoms with Crippen molar-refractivity contribution in [2.24, 2.45) is 0 Å². The largest absolute Gasteiger partial charge is 0.340 e. The molecule has 4 rings (SSSR count). The van der Waals surface area contributed by atoms with Crippen molar-refractivity contribution >= 4 is 5.65 Å². The second kappa shape index (κ2) is 4.33. The molecule has 5 nitrogen and oxygen atoms in total. The van der Waals surface area contributed by atoms with Gasteiger partial charge < -0.3 is 0 Å². The number of fused-ring (bicyclic) bond motifs is 3. The lowest BCUT2D eigenvalue weighted by atomic mass is 9.82. The van der Waals surface area contributed by atoms with Crippen LogP contribution in [0.1, 0.15) is 37.1 Å². The minimum Gasteiger partial charge on any atom is -0.237 e. The molecule has 3 aromatic heterocycles. The molecule has 8 heteroatoms. The summed E-state index contributed by atoms with van der Waals surface area (Å²) >= 11 is 0. The Balaban J connectivity index is 1.92. The zero-order chi connectivity index (χ0) is 16.4. The van der Waals surface area contributed by atoms with Crippen molar-refractivity contribution in [2.75, 3.05) is 0 Å². The highest BCUT2D eigenvalue weighted by atomic mass is 19.3. The summed E-state index contributed by atoms with van der Waals surface area (Å²) in [6, 6.07) is -1.82. The van der Waals surface area contributed by atoms with E-state index >= 15 is 0 Å². The molecule has 0 spiro atoms. The molecule has 0 aliphatic heterocycles. The highest BCUT2D eigenvalue weighted by molar-refractivity contribution is 5.48. The van der Waals surface area contributed by atoms with Gasteiger partial charge in [0.2, 0.25) is 5.95 Å². The van der Waals surface area contributed by atoms with Crippen molar-refractivity contribution in [3.63, 3.8) is 0 Å². The van der Waals surface area contributed by atoms with Gasteiger partial charge in [-0.05, 0) is 25.3 Å². The summed E-state index contributed by atoms with van der Waals surface area (Å²) in [5.74, 6) is -0.615. The van der Waals surface area contributed by atoms with E-state index in [2.05, 4.69) is 15.2 Å². The first-order valence-corrected chi connectivity index (χ1v) is 7.26. The van der Waals surface area contributed by atoms with Crippen molar-refractivity contribution in [3.8, 4) is 0 Å². The van der Waals surface area contributed by atoms with E-state index in [0.29, 0.717) is 22.3 Å². The van der Waals surface area contributed by atoms with Gasteiger partial charge in [0.05, 0.1) is 11.9 Å². The number of aryl methyl sites for hydroxylation is 1. The van der Waals surface area contributed by atoms with E-state index in [1.807, 2.05) is 6.92 Å². The van der Waals surface area contributed by atoms with Crippen molar-refractivity contribution in [1.82, 2.24) is 24.4 Å². The first kappa shape index (κ1) is 14.2. The molecule has 0 unspecified atom stereocenters. The van der Waals surface area contributed by atoms with Crippen LogP contribution >= 0.6 is 0 Å². The molecule has 1 aliphatic carbocycles. The monoisotopic (exact) mass is 321 g/mol. The fourth-order valence-electron chi connectivity index (χ4n) is 3.32. The first-order valence-electron chi connectivity index (χ1n) is 7.26. The van der Waals surface area contributed by atoms with E-state index in [4.69, 9.17) is 0 Å². The van der Waals surface area contributed by atoms with E-state index in [1.165, 1.54) is 23.0 Å².